The maximum atomic E-state index is 13.4. The number of carbonyl (C=O) groups is 2. The monoisotopic (exact) mass is 490 g/mol. The Bertz CT molecular complexity index is 1180. The quantitative estimate of drug-likeness (QED) is 0.245. The molecule has 0 radical (unpaired) electrons. The van der Waals surface area contributed by atoms with Gasteiger partial charge in [0.15, 0.2) is 16.8 Å². The molecule has 3 aromatic rings. The average Bonchev–Trinajstić information content (AvgIpc) is 3.16. The van der Waals surface area contributed by atoms with Gasteiger partial charge in [0.2, 0.25) is 5.91 Å². The van der Waals surface area contributed by atoms with Crippen molar-refractivity contribution in [3.8, 4) is 0 Å². The number of hydrogen-bond donors (Lipinski definition) is 0. The molecule has 0 aliphatic carbocycles. The van der Waals surface area contributed by atoms with Gasteiger partial charge in [0, 0.05) is 12.3 Å². The van der Waals surface area contributed by atoms with Crippen LogP contribution >= 0.6 is 22.9 Å². The van der Waals surface area contributed by atoms with Gasteiger partial charge in [0.1, 0.15) is 6.61 Å². The zero-order valence-corrected chi connectivity index (χ0v) is 17.6. The molecular formula is C20H12ClF5N2O3S. The number of ether oxygens (including phenoxy) is 1. The van der Waals surface area contributed by atoms with Crippen molar-refractivity contribution in [2.24, 2.45) is 0 Å². The van der Waals surface area contributed by atoms with Gasteiger partial charge in [-0.15, -0.1) is 11.3 Å². The number of carbonyl (C=O) groups excluding carboxylic acids is 2. The molecule has 0 spiro atoms. The van der Waals surface area contributed by atoms with Crippen molar-refractivity contribution in [3.05, 3.63) is 75.3 Å². The number of aromatic nitrogens is 1. The maximum Gasteiger partial charge on any atom is 0.416 e. The standard InChI is InChI=1S/C20H12ClF5N2O3S/c1-10(29)28(13-4-2-3-11(5-13)20(24,25)26)19-27-12(9-32-19)8-31-18(30)14-6-16(22)17(23)7-15(14)21/h2-7,9H,8H2,1H3. The van der Waals surface area contributed by atoms with Crippen LogP contribution in [0.15, 0.2) is 41.8 Å². The third-order valence-corrected chi connectivity index (χ3v) is 5.25. The lowest BCUT2D eigenvalue weighted by Gasteiger charge is -2.19. The Morgan fingerprint density at radius 1 is 1.16 bits per heavy atom. The first-order valence-electron chi connectivity index (χ1n) is 8.71. The Hall–Kier alpha value is -3.05. The Balaban J connectivity index is 1.79. The summed E-state index contributed by atoms with van der Waals surface area (Å²) in [7, 11) is 0. The van der Waals surface area contributed by atoms with E-state index in [2.05, 4.69) is 4.98 Å². The summed E-state index contributed by atoms with van der Waals surface area (Å²) in [6.45, 7) is 0.755. The molecule has 1 aromatic heterocycles. The van der Waals surface area contributed by atoms with Crippen molar-refractivity contribution in [1.29, 1.82) is 0 Å². The summed E-state index contributed by atoms with van der Waals surface area (Å²) < 4.78 is 70.5. The van der Waals surface area contributed by atoms with Crippen LogP contribution in [0, 0.1) is 11.6 Å². The number of amides is 1. The molecule has 0 aliphatic heterocycles. The number of alkyl halides is 3. The smallest absolute Gasteiger partial charge is 0.416 e. The number of anilines is 2. The average molecular weight is 491 g/mol. The summed E-state index contributed by atoms with van der Waals surface area (Å²) in [5.74, 6) is -4.13. The minimum Gasteiger partial charge on any atom is -0.456 e. The van der Waals surface area contributed by atoms with Gasteiger partial charge in [-0.2, -0.15) is 13.2 Å². The summed E-state index contributed by atoms with van der Waals surface area (Å²) in [4.78, 5) is 29.3. The Kier molecular flexibility index (Phi) is 6.79. The molecule has 12 heteroatoms. The molecule has 0 bridgehead atoms. The summed E-state index contributed by atoms with van der Waals surface area (Å²) >= 11 is 6.66. The van der Waals surface area contributed by atoms with E-state index in [1.807, 2.05) is 0 Å². The number of hydrogen-bond acceptors (Lipinski definition) is 5. The van der Waals surface area contributed by atoms with Crippen LogP contribution in [-0.4, -0.2) is 16.9 Å². The van der Waals surface area contributed by atoms with E-state index in [4.69, 9.17) is 16.3 Å². The number of nitrogens with zero attached hydrogens (tertiary/aromatic N) is 2. The van der Waals surface area contributed by atoms with Gasteiger partial charge >= 0.3 is 12.1 Å². The van der Waals surface area contributed by atoms with Crippen molar-refractivity contribution in [2.75, 3.05) is 4.90 Å². The topological polar surface area (TPSA) is 59.5 Å². The van der Waals surface area contributed by atoms with Crippen molar-refractivity contribution >= 4 is 45.6 Å². The van der Waals surface area contributed by atoms with Crippen LogP contribution in [0.4, 0.5) is 32.8 Å². The summed E-state index contributed by atoms with van der Waals surface area (Å²) in [6, 6.07) is 5.40. The number of benzene rings is 2. The van der Waals surface area contributed by atoms with E-state index >= 15 is 0 Å². The molecule has 1 heterocycles. The lowest BCUT2D eigenvalue weighted by atomic mass is 10.2. The van der Waals surface area contributed by atoms with Crippen LogP contribution in [0.1, 0.15) is 28.5 Å². The van der Waals surface area contributed by atoms with Crippen LogP contribution in [0.2, 0.25) is 5.02 Å². The largest absolute Gasteiger partial charge is 0.456 e. The molecule has 0 unspecified atom stereocenters. The van der Waals surface area contributed by atoms with Gasteiger partial charge < -0.3 is 4.74 Å². The van der Waals surface area contributed by atoms with Crippen LogP contribution in [0.5, 0.6) is 0 Å². The molecule has 5 nitrogen and oxygen atoms in total. The van der Waals surface area contributed by atoms with E-state index in [9.17, 15) is 31.5 Å². The molecule has 1 amide bonds. The predicted octanol–water partition coefficient (Wildman–Crippen LogP) is 6.14. The van der Waals surface area contributed by atoms with E-state index in [1.165, 1.54) is 11.4 Å². The molecule has 32 heavy (non-hydrogen) atoms. The van der Waals surface area contributed by atoms with Gasteiger partial charge in [0.05, 0.1) is 27.5 Å². The summed E-state index contributed by atoms with van der Waals surface area (Å²) in [5.41, 5.74) is -1.19. The van der Waals surface area contributed by atoms with Crippen molar-refractivity contribution < 1.29 is 36.3 Å². The Labute approximate surface area is 187 Å². The second-order valence-corrected chi connectivity index (χ2v) is 7.59. The molecule has 2 aromatic carbocycles. The second kappa shape index (κ2) is 9.21. The third kappa shape index (κ3) is 5.22. The highest BCUT2D eigenvalue weighted by atomic mass is 35.5. The normalized spacial score (nSPS) is 11.3. The third-order valence-electron chi connectivity index (χ3n) is 4.06. The first-order valence-corrected chi connectivity index (χ1v) is 9.97. The highest BCUT2D eigenvalue weighted by Gasteiger charge is 2.31. The SMILES string of the molecule is CC(=O)N(c1cccc(C(F)(F)F)c1)c1nc(COC(=O)c2cc(F)c(F)cc2Cl)cs1. The Morgan fingerprint density at radius 2 is 1.84 bits per heavy atom. The van der Waals surface area contributed by atoms with E-state index in [1.54, 1.807) is 0 Å². The summed E-state index contributed by atoms with van der Waals surface area (Å²) in [6.07, 6.45) is -4.60. The van der Waals surface area contributed by atoms with Crippen LogP contribution in [0.25, 0.3) is 0 Å². The fraction of sp³-hybridized carbons (Fsp3) is 0.150. The minimum absolute atomic E-state index is 0.0428. The molecule has 168 valence electrons. The zero-order valence-electron chi connectivity index (χ0n) is 16.0. The zero-order chi connectivity index (χ0) is 23.6. The molecule has 0 aliphatic rings. The molecule has 0 atom stereocenters. The van der Waals surface area contributed by atoms with Gasteiger partial charge in [-0.05, 0) is 30.3 Å². The number of halogens is 6. The van der Waals surface area contributed by atoms with Crippen LogP contribution < -0.4 is 4.90 Å². The summed E-state index contributed by atoms with van der Waals surface area (Å²) in [5, 5.41) is 1.13. The fourth-order valence-corrected chi connectivity index (χ4v) is 3.71. The van der Waals surface area contributed by atoms with E-state index in [0.29, 0.717) is 12.1 Å². The molecule has 0 N–H and O–H groups in total. The van der Waals surface area contributed by atoms with Crippen molar-refractivity contribution in [3.63, 3.8) is 0 Å². The van der Waals surface area contributed by atoms with E-state index < -0.39 is 47.4 Å². The van der Waals surface area contributed by atoms with E-state index in [0.717, 1.165) is 41.4 Å². The van der Waals surface area contributed by atoms with Crippen LogP contribution in [0.3, 0.4) is 0 Å². The van der Waals surface area contributed by atoms with Crippen molar-refractivity contribution in [2.45, 2.75) is 19.7 Å². The Morgan fingerprint density at radius 3 is 2.50 bits per heavy atom. The first-order chi connectivity index (χ1) is 15.0. The van der Waals surface area contributed by atoms with Gasteiger partial charge in [0.25, 0.3) is 0 Å². The van der Waals surface area contributed by atoms with Crippen LogP contribution in [-0.2, 0) is 22.3 Å². The first kappa shape index (κ1) is 23.6. The molecule has 3 rings (SSSR count). The molecular weight excluding hydrogens is 479 g/mol. The van der Waals surface area contributed by atoms with Gasteiger partial charge in [-0.25, -0.2) is 18.6 Å². The predicted molar refractivity (Wildman–Crippen MR) is 107 cm³/mol. The number of rotatable bonds is 5. The maximum absolute atomic E-state index is 13.4. The molecule has 0 fully saturated rings. The van der Waals surface area contributed by atoms with Gasteiger partial charge in [-0.1, -0.05) is 17.7 Å². The van der Waals surface area contributed by atoms with Gasteiger partial charge in [-0.3, -0.25) is 9.69 Å². The second-order valence-electron chi connectivity index (χ2n) is 6.35. The fourth-order valence-electron chi connectivity index (χ4n) is 2.61. The van der Waals surface area contributed by atoms with E-state index in [-0.39, 0.29) is 21.5 Å². The lowest BCUT2D eigenvalue weighted by molar-refractivity contribution is -0.137. The number of esters is 1. The minimum atomic E-state index is -4.60. The highest BCUT2D eigenvalue weighted by molar-refractivity contribution is 7.14. The lowest BCUT2D eigenvalue weighted by Crippen LogP contribution is -2.23. The van der Waals surface area contributed by atoms with Crippen molar-refractivity contribution in [1.82, 2.24) is 4.98 Å². The molecule has 0 saturated carbocycles. The number of thiazole rings is 1. The highest BCUT2D eigenvalue weighted by Crippen LogP contribution is 2.35. The molecule has 0 saturated heterocycles.